The van der Waals surface area contributed by atoms with E-state index in [9.17, 15) is 0 Å². The quantitative estimate of drug-likeness (QED) is 0.796. The third-order valence-corrected chi connectivity index (χ3v) is 3.29. The van der Waals surface area contributed by atoms with Gasteiger partial charge in [-0.1, -0.05) is 6.07 Å². The van der Waals surface area contributed by atoms with Gasteiger partial charge >= 0.3 is 0 Å². The Balaban J connectivity index is 1.76. The van der Waals surface area contributed by atoms with Crippen LogP contribution in [-0.4, -0.2) is 11.0 Å². The first-order chi connectivity index (χ1) is 7.34. The van der Waals surface area contributed by atoms with Crippen LogP contribution in [0.1, 0.15) is 17.5 Å². The van der Waals surface area contributed by atoms with Crippen molar-refractivity contribution in [2.75, 3.05) is 0 Å². The lowest BCUT2D eigenvalue weighted by Crippen LogP contribution is -2.27. The lowest BCUT2D eigenvalue weighted by molar-refractivity contribution is 0.544. The predicted octanol–water partition coefficient (Wildman–Crippen LogP) is 2.80. The summed E-state index contributed by atoms with van der Waals surface area (Å²) in [5.74, 6) is 0. The maximum Gasteiger partial charge on any atom is 0.0359 e. The lowest BCUT2D eigenvalue weighted by Gasteiger charge is -2.11. The Kier molecular flexibility index (Phi) is 3.59. The van der Waals surface area contributed by atoms with Gasteiger partial charge in [-0.2, -0.15) is 0 Å². The molecule has 1 atom stereocenters. The summed E-state index contributed by atoms with van der Waals surface area (Å²) in [6.07, 6.45) is 3.07. The SMILES string of the molecule is CC(Cc1cccs1)NCc1ccc[nH]1. The topological polar surface area (TPSA) is 27.8 Å². The second kappa shape index (κ2) is 5.14. The first-order valence-electron chi connectivity index (χ1n) is 5.22. The van der Waals surface area contributed by atoms with Crippen molar-refractivity contribution in [2.45, 2.75) is 25.9 Å². The average molecular weight is 220 g/mol. The summed E-state index contributed by atoms with van der Waals surface area (Å²) < 4.78 is 0. The predicted molar refractivity (Wildman–Crippen MR) is 65.1 cm³/mol. The summed E-state index contributed by atoms with van der Waals surface area (Å²) in [5.41, 5.74) is 1.24. The highest BCUT2D eigenvalue weighted by atomic mass is 32.1. The Bertz CT molecular complexity index is 364. The van der Waals surface area contributed by atoms with E-state index < -0.39 is 0 Å². The van der Waals surface area contributed by atoms with Crippen LogP contribution in [0.25, 0.3) is 0 Å². The highest BCUT2D eigenvalue weighted by Crippen LogP contribution is 2.11. The molecular weight excluding hydrogens is 204 g/mol. The fourth-order valence-corrected chi connectivity index (χ4v) is 2.40. The van der Waals surface area contributed by atoms with Gasteiger partial charge in [0.15, 0.2) is 0 Å². The molecule has 0 aliphatic carbocycles. The molecule has 0 aliphatic heterocycles. The maximum absolute atomic E-state index is 3.50. The molecule has 0 aliphatic rings. The Morgan fingerprint density at radius 3 is 3.00 bits per heavy atom. The zero-order chi connectivity index (χ0) is 10.5. The first-order valence-corrected chi connectivity index (χ1v) is 6.10. The van der Waals surface area contributed by atoms with E-state index in [1.807, 2.05) is 23.6 Å². The minimum absolute atomic E-state index is 0.520. The Labute approximate surface area is 94.3 Å². The molecule has 1 unspecified atom stereocenters. The lowest BCUT2D eigenvalue weighted by atomic mass is 10.2. The van der Waals surface area contributed by atoms with E-state index in [4.69, 9.17) is 0 Å². The highest BCUT2D eigenvalue weighted by Gasteiger charge is 2.03. The normalized spacial score (nSPS) is 12.9. The maximum atomic E-state index is 3.50. The summed E-state index contributed by atoms with van der Waals surface area (Å²) in [5, 5.41) is 5.63. The van der Waals surface area contributed by atoms with Gasteiger partial charge in [0.2, 0.25) is 0 Å². The van der Waals surface area contributed by atoms with Crippen molar-refractivity contribution in [3.05, 3.63) is 46.4 Å². The Morgan fingerprint density at radius 2 is 2.33 bits per heavy atom. The van der Waals surface area contributed by atoms with Gasteiger partial charge in [0.05, 0.1) is 0 Å². The zero-order valence-electron chi connectivity index (χ0n) is 8.86. The summed E-state index contributed by atoms with van der Waals surface area (Å²) in [6.45, 7) is 3.14. The van der Waals surface area contributed by atoms with Crippen LogP contribution in [0.5, 0.6) is 0 Å². The third-order valence-electron chi connectivity index (χ3n) is 2.39. The highest BCUT2D eigenvalue weighted by molar-refractivity contribution is 7.09. The molecule has 0 saturated carbocycles. The summed E-state index contributed by atoms with van der Waals surface area (Å²) >= 11 is 1.83. The van der Waals surface area contributed by atoms with E-state index in [0.29, 0.717) is 6.04 Å². The molecule has 0 amide bonds. The van der Waals surface area contributed by atoms with Crippen molar-refractivity contribution in [3.8, 4) is 0 Å². The summed E-state index contributed by atoms with van der Waals surface area (Å²) in [6, 6.07) is 8.95. The van der Waals surface area contributed by atoms with Crippen molar-refractivity contribution in [3.63, 3.8) is 0 Å². The van der Waals surface area contributed by atoms with Gasteiger partial charge in [0.1, 0.15) is 0 Å². The molecule has 2 aromatic rings. The minimum Gasteiger partial charge on any atom is -0.364 e. The molecule has 0 bridgehead atoms. The van der Waals surface area contributed by atoms with Crippen LogP contribution in [0.15, 0.2) is 35.8 Å². The molecule has 0 aromatic carbocycles. The molecule has 2 nitrogen and oxygen atoms in total. The van der Waals surface area contributed by atoms with Crippen LogP contribution in [0.2, 0.25) is 0 Å². The second-order valence-electron chi connectivity index (χ2n) is 3.76. The van der Waals surface area contributed by atoms with E-state index in [2.05, 4.69) is 40.8 Å². The van der Waals surface area contributed by atoms with E-state index >= 15 is 0 Å². The zero-order valence-corrected chi connectivity index (χ0v) is 9.68. The van der Waals surface area contributed by atoms with Gasteiger partial charge in [-0.3, -0.25) is 0 Å². The average Bonchev–Trinajstić information content (AvgIpc) is 2.86. The molecule has 0 saturated heterocycles. The van der Waals surface area contributed by atoms with Crippen LogP contribution in [0, 0.1) is 0 Å². The van der Waals surface area contributed by atoms with Gasteiger partial charge in [-0.25, -0.2) is 0 Å². The van der Waals surface area contributed by atoms with Crippen molar-refractivity contribution >= 4 is 11.3 Å². The van der Waals surface area contributed by atoms with Gasteiger partial charge < -0.3 is 10.3 Å². The monoisotopic (exact) mass is 220 g/mol. The number of hydrogen-bond acceptors (Lipinski definition) is 2. The van der Waals surface area contributed by atoms with Crippen molar-refractivity contribution < 1.29 is 0 Å². The molecule has 2 heterocycles. The van der Waals surface area contributed by atoms with Crippen molar-refractivity contribution in [1.82, 2.24) is 10.3 Å². The standard InChI is InChI=1S/C12H16N2S/c1-10(8-12-5-3-7-15-12)14-9-11-4-2-6-13-11/h2-7,10,13-14H,8-9H2,1H3. The minimum atomic E-state index is 0.520. The number of hydrogen-bond donors (Lipinski definition) is 2. The number of rotatable bonds is 5. The molecule has 3 heteroatoms. The summed E-state index contributed by atoms with van der Waals surface area (Å²) in [4.78, 5) is 4.64. The number of H-pyrrole nitrogens is 1. The van der Waals surface area contributed by atoms with E-state index in [1.54, 1.807) is 0 Å². The fraction of sp³-hybridized carbons (Fsp3) is 0.333. The molecule has 80 valence electrons. The second-order valence-corrected chi connectivity index (χ2v) is 4.79. The van der Waals surface area contributed by atoms with Gasteiger partial charge in [0, 0.05) is 29.4 Å². The molecular formula is C12H16N2S. The fourth-order valence-electron chi connectivity index (χ4n) is 1.56. The molecule has 0 spiro atoms. The molecule has 0 radical (unpaired) electrons. The van der Waals surface area contributed by atoms with E-state index in [-0.39, 0.29) is 0 Å². The first kappa shape index (κ1) is 10.5. The molecule has 15 heavy (non-hydrogen) atoms. The van der Waals surface area contributed by atoms with Crippen molar-refractivity contribution in [2.24, 2.45) is 0 Å². The van der Waals surface area contributed by atoms with Crippen molar-refractivity contribution in [1.29, 1.82) is 0 Å². The van der Waals surface area contributed by atoms with Crippen LogP contribution >= 0.6 is 11.3 Å². The molecule has 2 aromatic heterocycles. The number of aromatic amines is 1. The Morgan fingerprint density at radius 1 is 1.40 bits per heavy atom. The van der Waals surface area contributed by atoms with Gasteiger partial charge in [-0.15, -0.1) is 11.3 Å². The third kappa shape index (κ3) is 3.22. The molecule has 2 N–H and O–H groups in total. The Hall–Kier alpha value is -1.06. The van der Waals surface area contributed by atoms with Crippen LogP contribution in [-0.2, 0) is 13.0 Å². The van der Waals surface area contributed by atoms with Gasteiger partial charge in [0.25, 0.3) is 0 Å². The molecule has 2 rings (SSSR count). The largest absolute Gasteiger partial charge is 0.364 e. The molecule has 0 fully saturated rings. The summed E-state index contributed by atoms with van der Waals surface area (Å²) in [7, 11) is 0. The van der Waals surface area contributed by atoms with Crippen LogP contribution < -0.4 is 5.32 Å². The van der Waals surface area contributed by atoms with E-state index in [0.717, 1.165) is 13.0 Å². The number of aromatic nitrogens is 1. The van der Waals surface area contributed by atoms with Crippen LogP contribution in [0.3, 0.4) is 0 Å². The number of nitrogens with one attached hydrogen (secondary N) is 2. The van der Waals surface area contributed by atoms with Gasteiger partial charge in [-0.05, 0) is 36.9 Å². The smallest absolute Gasteiger partial charge is 0.0359 e. The van der Waals surface area contributed by atoms with E-state index in [1.165, 1.54) is 10.6 Å². The van der Waals surface area contributed by atoms with Crippen LogP contribution in [0.4, 0.5) is 0 Å². The number of thiophene rings is 1.